The number of nitro groups is 1. The van der Waals surface area contributed by atoms with E-state index in [0.29, 0.717) is 5.76 Å². The largest absolute Gasteiger partial charge is 0.467 e. The third kappa shape index (κ3) is 5.70. The minimum absolute atomic E-state index is 0.0339. The quantitative estimate of drug-likeness (QED) is 0.242. The van der Waals surface area contributed by atoms with Crippen molar-refractivity contribution in [2.45, 2.75) is 19.9 Å². The topological polar surface area (TPSA) is 121 Å². The fourth-order valence-corrected chi connectivity index (χ4v) is 2.95. The van der Waals surface area contributed by atoms with Crippen molar-refractivity contribution in [3.8, 4) is 11.6 Å². The summed E-state index contributed by atoms with van der Waals surface area (Å²) in [5.74, 6) is -1.72. The van der Waals surface area contributed by atoms with Crippen LogP contribution in [0, 0.1) is 15.9 Å². The van der Waals surface area contributed by atoms with Crippen molar-refractivity contribution in [1.29, 1.82) is 0 Å². The highest BCUT2D eigenvalue weighted by molar-refractivity contribution is 6.30. The highest BCUT2D eigenvalue weighted by Gasteiger charge is 2.30. The van der Waals surface area contributed by atoms with E-state index >= 15 is 0 Å². The number of anilines is 1. The number of nitrogens with zero attached hydrogens (tertiary/aromatic N) is 4. The molecule has 1 aromatic carbocycles. The Morgan fingerprint density at radius 2 is 2.16 bits per heavy atom. The number of esters is 1. The van der Waals surface area contributed by atoms with Crippen LogP contribution in [0.3, 0.4) is 0 Å². The van der Waals surface area contributed by atoms with Crippen LogP contribution >= 0.6 is 11.6 Å². The maximum atomic E-state index is 14.2. The summed E-state index contributed by atoms with van der Waals surface area (Å²) in [4.78, 5) is 32.3. The predicted molar refractivity (Wildman–Crippen MR) is 111 cm³/mol. The zero-order chi connectivity index (χ0) is 23.1. The van der Waals surface area contributed by atoms with Crippen molar-refractivity contribution in [2.24, 2.45) is 0 Å². The first kappa shape index (κ1) is 22.9. The number of hydrogen-bond acceptors (Lipinski definition) is 9. The maximum absolute atomic E-state index is 14.2. The standard InChI is InChI=1S/C20H18ClFN4O6/c1-2-30-17(27)7-8-25(11-14-4-3-9-31-14)19-18(26(28)29)20(24-12-23-19)32-16-6-5-13(21)10-15(16)22/h3-6,9-10,12H,2,7-8,11H2,1H3. The van der Waals surface area contributed by atoms with Crippen LogP contribution in [-0.2, 0) is 16.1 Å². The van der Waals surface area contributed by atoms with E-state index in [1.807, 2.05) is 0 Å². The normalized spacial score (nSPS) is 10.6. The van der Waals surface area contributed by atoms with E-state index in [1.54, 1.807) is 19.1 Å². The molecule has 3 aromatic rings. The smallest absolute Gasteiger partial charge is 0.373 e. The summed E-state index contributed by atoms with van der Waals surface area (Å²) in [7, 11) is 0. The number of carbonyl (C=O) groups excluding carboxylic acids is 1. The number of aromatic nitrogens is 2. The van der Waals surface area contributed by atoms with Crippen molar-refractivity contribution in [3.05, 3.63) is 69.6 Å². The first-order valence-corrected chi connectivity index (χ1v) is 9.82. The first-order chi connectivity index (χ1) is 15.4. The molecule has 0 aliphatic carbocycles. The van der Waals surface area contributed by atoms with E-state index < -0.39 is 28.3 Å². The fraction of sp³-hybridized carbons (Fsp3) is 0.250. The van der Waals surface area contributed by atoms with Crippen LogP contribution < -0.4 is 9.64 Å². The lowest BCUT2D eigenvalue weighted by atomic mass is 10.3. The van der Waals surface area contributed by atoms with Gasteiger partial charge in [-0.15, -0.1) is 0 Å². The van der Waals surface area contributed by atoms with Crippen LogP contribution in [0.5, 0.6) is 11.6 Å². The molecule has 0 unspecified atom stereocenters. The minimum atomic E-state index is -0.818. The maximum Gasteiger partial charge on any atom is 0.373 e. The molecule has 32 heavy (non-hydrogen) atoms. The number of rotatable bonds is 10. The van der Waals surface area contributed by atoms with E-state index in [9.17, 15) is 19.3 Å². The fourth-order valence-electron chi connectivity index (χ4n) is 2.79. The molecule has 2 heterocycles. The van der Waals surface area contributed by atoms with Gasteiger partial charge in [0.25, 0.3) is 0 Å². The lowest BCUT2D eigenvalue weighted by molar-refractivity contribution is -0.385. The Labute approximate surface area is 186 Å². The van der Waals surface area contributed by atoms with Gasteiger partial charge < -0.3 is 18.8 Å². The van der Waals surface area contributed by atoms with Gasteiger partial charge in [0.15, 0.2) is 11.6 Å². The summed E-state index contributed by atoms with van der Waals surface area (Å²) in [6.07, 6.45) is 2.44. The zero-order valence-electron chi connectivity index (χ0n) is 16.9. The summed E-state index contributed by atoms with van der Waals surface area (Å²) in [6, 6.07) is 6.93. The molecule has 3 rings (SSSR count). The highest BCUT2D eigenvalue weighted by atomic mass is 35.5. The van der Waals surface area contributed by atoms with E-state index in [2.05, 4.69) is 9.97 Å². The number of furan rings is 1. The van der Waals surface area contributed by atoms with Crippen LogP contribution in [0.4, 0.5) is 15.9 Å². The van der Waals surface area contributed by atoms with Crippen molar-refractivity contribution in [3.63, 3.8) is 0 Å². The van der Waals surface area contributed by atoms with Crippen molar-refractivity contribution < 1.29 is 28.0 Å². The molecular weight excluding hydrogens is 447 g/mol. The van der Waals surface area contributed by atoms with E-state index in [4.69, 9.17) is 25.5 Å². The monoisotopic (exact) mass is 464 g/mol. The number of halogens is 2. The number of ether oxygens (including phenoxy) is 2. The van der Waals surface area contributed by atoms with Gasteiger partial charge in [-0.25, -0.2) is 9.37 Å². The molecular formula is C20H18ClFN4O6. The lowest BCUT2D eigenvalue weighted by Gasteiger charge is -2.22. The van der Waals surface area contributed by atoms with E-state index in [-0.39, 0.29) is 42.7 Å². The summed E-state index contributed by atoms with van der Waals surface area (Å²) in [6.45, 7) is 1.98. The molecule has 0 saturated heterocycles. The van der Waals surface area contributed by atoms with Crippen molar-refractivity contribution in [1.82, 2.24) is 9.97 Å². The predicted octanol–water partition coefficient (Wildman–Crippen LogP) is 4.52. The zero-order valence-corrected chi connectivity index (χ0v) is 17.6. The molecule has 0 amide bonds. The number of benzene rings is 1. The molecule has 0 bridgehead atoms. The van der Waals surface area contributed by atoms with E-state index in [1.165, 1.54) is 23.3 Å². The molecule has 0 radical (unpaired) electrons. The third-order valence-electron chi connectivity index (χ3n) is 4.17. The third-order valence-corrected chi connectivity index (χ3v) is 4.41. The van der Waals surface area contributed by atoms with E-state index in [0.717, 1.165) is 12.4 Å². The second-order valence-electron chi connectivity index (χ2n) is 6.34. The second kappa shape index (κ2) is 10.5. The second-order valence-corrected chi connectivity index (χ2v) is 6.78. The molecule has 0 saturated carbocycles. The van der Waals surface area contributed by atoms with Gasteiger partial charge >= 0.3 is 17.5 Å². The van der Waals surface area contributed by atoms with Gasteiger partial charge in [-0.2, -0.15) is 4.98 Å². The lowest BCUT2D eigenvalue weighted by Crippen LogP contribution is -2.28. The summed E-state index contributed by atoms with van der Waals surface area (Å²) < 4.78 is 29.8. The Hall–Kier alpha value is -3.73. The van der Waals surface area contributed by atoms with Crippen LogP contribution in [0.15, 0.2) is 47.3 Å². The molecule has 168 valence electrons. The Kier molecular flexibility index (Phi) is 7.55. The number of hydrogen-bond donors (Lipinski definition) is 0. The van der Waals surface area contributed by atoms with Gasteiger partial charge in [0.2, 0.25) is 5.82 Å². The number of carbonyl (C=O) groups is 1. The van der Waals surface area contributed by atoms with Crippen LogP contribution in [0.1, 0.15) is 19.1 Å². The molecule has 0 aliphatic rings. The first-order valence-electron chi connectivity index (χ1n) is 9.44. The van der Waals surface area contributed by atoms with Gasteiger partial charge in [0.1, 0.15) is 12.1 Å². The Bertz CT molecular complexity index is 1100. The summed E-state index contributed by atoms with van der Waals surface area (Å²) >= 11 is 5.74. The summed E-state index contributed by atoms with van der Waals surface area (Å²) in [5.41, 5.74) is -0.600. The Balaban J connectivity index is 1.98. The van der Waals surface area contributed by atoms with Gasteiger partial charge in [-0.05, 0) is 37.3 Å². The van der Waals surface area contributed by atoms with Gasteiger partial charge in [0, 0.05) is 11.6 Å². The molecule has 2 aromatic heterocycles. The molecule has 0 aliphatic heterocycles. The molecule has 0 N–H and O–H groups in total. The van der Waals surface area contributed by atoms with Crippen LogP contribution in [0.25, 0.3) is 0 Å². The Morgan fingerprint density at radius 1 is 1.34 bits per heavy atom. The molecule has 10 nitrogen and oxygen atoms in total. The van der Waals surface area contributed by atoms with Gasteiger partial charge in [-0.3, -0.25) is 14.9 Å². The molecule has 12 heteroatoms. The van der Waals surface area contributed by atoms with Crippen LogP contribution in [-0.4, -0.2) is 34.0 Å². The van der Waals surface area contributed by atoms with Gasteiger partial charge in [0.05, 0.1) is 30.8 Å². The SMILES string of the molecule is CCOC(=O)CCN(Cc1ccco1)c1ncnc(Oc2ccc(Cl)cc2F)c1[N+](=O)[O-]. The van der Waals surface area contributed by atoms with Gasteiger partial charge in [-0.1, -0.05) is 11.6 Å². The molecule has 0 atom stereocenters. The van der Waals surface area contributed by atoms with Crippen molar-refractivity contribution >= 4 is 29.1 Å². The minimum Gasteiger partial charge on any atom is -0.467 e. The summed E-state index contributed by atoms with van der Waals surface area (Å²) in [5, 5.41) is 12.0. The van der Waals surface area contributed by atoms with Crippen LogP contribution in [0.2, 0.25) is 5.02 Å². The molecule has 0 spiro atoms. The Morgan fingerprint density at radius 3 is 2.81 bits per heavy atom. The molecule has 0 fully saturated rings. The average Bonchev–Trinajstić information content (AvgIpc) is 3.26. The average molecular weight is 465 g/mol. The highest BCUT2D eigenvalue weighted by Crippen LogP contribution is 2.37. The van der Waals surface area contributed by atoms with Crippen molar-refractivity contribution in [2.75, 3.05) is 18.1 Å².